The van der Waals surface area contributed by atoms with E-state index in [0.29, 0.717) is 5.02 Å². The van der Waals surface area contributed by atoms with Crippen molar-refractivity contribution in [2.75, 3.05) is 0 Å². The Kier molecular flexibility index (Phi) is 3.98. The quantitative estimate of drug-likeness (QED) is 0.848. The molecule has 2 nitrogen and oxygen atoms in total. The first-order valence-electron chi connectivity index (χ1n) is 5.37. The van der Waals surface area contributed by atoms with Crippen molar-refractivity contribution in [1.29, 1.82) is 5.26 Å². The summed E-state index contributed by atoms with van der Waals surface area (Å²) in [6.07, 6.45) is 0. The minimum atomic E-state index is -0.694. The van der Waals surface area contributed by atoms with Crippen molar-refractivity contribution in [3.8, 4) is 11.8 Å². The second-order valence-corrected chi connectivity index (χ2v) is 4.18. The molecular weight excluding hydrogens is 272 g/mol. The summed E-state index contributed by atoms with van der Waals surface area (Å²) in [5.41, 5.74) is 0.0625. The molecule has 19 heavy (non-hydrogen) atoms. The molecule has 2 rings (SSSR count). The first-order chi connectivity index (χ1) is 9.11. The Balaban J connectivity index is 2.24. The third-order valence-corrected chi connectivity index (χ3v) is 2.73. The van der Waals surface area contributed by atoms with Crippen LogP contribution in [0.25, 0.3) is 0 Å². The van der Waals surface area contributed by atoms with Crippen molar-refractivity contribution in [2.45, 2.75) is 6.61 Å². The molecule has 0 aromatic heterocycles. The zero-order chi connectivity index (χ0) is 13.8. The lowest BCUT2D eigenvalue weighted by atomic mass is 10.2. The standard InChI is InChI=1S/C14H8ClF2NO/c15-10-5-4-9(7-18)14(6-10)19-8-11-12(16)2-1-3-13(11)17/h1-6H,8H2. The van der Waals surface area contributed by atoms with E-state index >= 15 is 0 Å². The van der Waals surface area contributed by atoms with E-state index in [2.05, 4.69) is 0 Å². The Labute approximate surface area is 113 Å². The third kappa shape index (κ3) is 3.01. The highest BCUT2D eigenvalue weighted by Crippen LogP contribution is 2.24. The van der Waals surface area contributed by atoms with E-state index in [0.717, 1.165) is 12.1 Å². The van der Waals surface area contributed by atoms with Gasteiger partial charge in [0, 0.05) is 11.1 Å². The van der Waals surface area contributed by atoms with Crippen LogP contribution in [0.4, 0.5) is 8.78 Å². The highest BCUT2D eigenvalue weighted by Gasteiger charge is 2.11. The number of hydrogen-bond donors (Lipinski definition) is 0. The smallest absolute Gasteiger partial charge is 0.139 e. The molecule has 5 heteroatoms. The van der Waals surface area contributed by atoms with Gasteiger partial charge in [-0.15, -0.1) is 0 Å². The van der Waals surface area contributed by atoms with Gasteiger partial charge >= 0.3 is 0 Å². The number of ether oxygens (including phenoxy) is 1. The number of nitrogens with zero attached hydrogens (tertiary/aromatic N) is 1. The summed E-state index contributed by atoms with van der Waals surface area (Å²) in [6, 6.07) is 9.93. The van der Waals surface area contributed by atoms with Crippen LogP contribution in [0, 0.1) is 23.0 Å². The second kappa shape index (κ2) is 5.68. The molecular formula is C14H8ClF2NO. The first kappa shape index (κ1) is 13.3. The van der Waals surface area contributed by atoms with Crippen molar-refractivity contribution < 1.29 is 13.5 Å². The molecule has 0 saturated carbocycles. The minimum Gasteiger partial charge on any atom is -0.487 e. The third-order valence-electron chi connectivity index (χ3n) is 2.50. The summed E-state index contributed by atoms with van der Waals surface area (Å²) in [7, 11) is 0. The monoisotopic (exact) mass is 279 g/mol. The molecule has 0 N–H and O–H groups in total. The van der Waals surface area contributed by atoms with Gasteiger partial charge in [-0.2, -0.15) is 5.26 Å². The largest absolute Gasteiger partial charge is 0.487 e. The van der Waals surface area contributed by atoms with E-state index in [4.69, 9.17) is 21.6 Å². The Bertz CT molecular complexity index is 632. The van der Waals surface area contributed by atoms with Crippen LogP contribution in [0.2, 0.25) is 5.02 Å². The molecule has 0 heterocycles. The van der Waals surface area contributed by atoms with Crippen LogP contribution >= 0.6 is 11.6 Å². The van der Waals surface area contributed by atoms with Crippen LogP contribution in [0.15, 0.2) is 36.4 Å². The lowest BCUT2D eigenvalue weighted by Gasteiger charge is -2.09. The van der Waals surface area contributed by atoms with E-state index in [-0.39, 0.29) is 23.5 Å². The van der Waals surface area contributed by atoms with Gasteiger partial charge in [0.15, 0.2) is 0 Å². The molecule has 0 spiro atoms. The molecule has 0 bridgehead atoms. The number of nitriles is 1. The molecule has 0 saturated heterocycles. The Hall–Kier alpha value is -2.12. The molecule has 0 aliphatic rings. The van der Waals surface area contributed by atoms with Crippen molar-refractivity contribution in [1.82, 2.24) is 0 Å². The number of benzene rings is 2. The highest BCUT2D eigenvalue weighted by molar-refractivity contribution is 6.30. The molecule has 0 atom stereocenters. The van der Waals surface area contributed by atoms with Gasteiger partial charge in [0.05, 0.1) is 11.1 Å². The van der Waals surface area contributed by atoms with Gasteiger partial charge in [0.25, 0.3) is 0 Å². The van der Waals surface area contributed by atoms with Crippen LogP contribution < -0.4 is 4.74 Å². The fraction of sp³-hybridized carbons (Fsp3) is 0.0714. The van der Waals surface area contributed by atoms with Gasteiger partial charge in [-0.05, 0) is 24.3 Å². The molecule has 0 fully saturated rings. The Morgan fingerprint density at radius 2 is 1.84 bits per heavy atom. The molecule has 96 valence electrons. The normalized spacial score (nSPS) is 10.0. The number of halogens is 3. The molecule has 0 radical (unpaired) electrons. The van der Waals surface area contributed by atoms with Crippen molar-refractivity contribution in [3.63, 3.8) is 0 Å². The molecule has 2 aromatic carbocycles. The summed E-state index contributed by atoms with van der Waals surface area (Å²) in [6.45, 7) is -0.312. The summed E-state index contributed by atoms with van der Waals surface area (Å²) in [5.74, 6) is -1.20. The van der Waals surface area contributed by atoms with Crippen LogP contribution in [0.5, 0.6) is 5.75 Å². The Morgan fingerprint density at radius 3 is 2.47 bits per heavy atom. The maximum atomic E-state index is 13.4. The summed E-state index contributed by atoms with van der Waals surface area (Å²) >= 11 is 5.78. The molecule has 0 unspecified atom stereocenters. The van der Waals surface area contributed by atoms with Gasteiger partial charge in [0.1, 0.15) is 30.1 Å². The van der Waals surface area contributed by atoms with Gasteiger partial charge in [0.2, 0.25) is 0 Å². The molecule has 0 aliphatic carbocycles. The average Bonchev–Trinajstić information content (AvgIpc) is 2.38. The zero-order valence-electron chi connectivity index (χ0n) is 9.66. The van der Waals surface area contributed by atoms with E-state index in [1.165, 1.54) is 24.3 Å². The zero-order valence-corrected chi connectivity index (χ0v) is 10.4. The van der Waals surface area contributed by atoms with Gasteiger partial charge in [-0.3, -0.25) is 0 Å². The topological polar surface area (TPSA) is 33.0 Å². The lowest BCUT2D eigenvalue weighted by molar-refractivity contribution is 0.292. The number of hydrogen-bond acceptors (Lipinski definition) is 2. The van der Waals surface area contributed by atoms with E-state index in [1.54, 1.807) is 0 Å². The molecule has 2 aromatic rings. The van der Waals surface area contributed by atoms with Crippen LogP contribution in [0.3, 0.4) is 0 Å². The maximum absolute atomic E-state index is 13.4. The van der Waals surface area contributed by atoms with Gasteiger partial charge in [-0.1, -0.05) is 17.7 Å². The lowest BCUT2D eigenvalue weighted by Crippen LogP contribution is -2.02. The minimum absolute atomic E-state index is 0.189. The summed E-state index contributed by atoms with van der Waals surface area (Å²) in [5, 5.41) is 9.27. The summed E-state index contributed by atoms with van der Waals surface area (Å²) in [4.78, 5) is 0. The Morgan fingerprint density at radius 1 is 1.16 bits per heavy atom. The van der Waals surface area contributed by atoms with Crippen molar-refractivity contribution >= 4 is 11.6 Å². The fourth-order valence-electron chi connectivity index (χ4n) is 1.53. The number of rotatable bonds is 3. The summed E-state index contributed by atoms with van der Waals surface area (Å²) < 4.78 is 32.1. The predicted molar refractivity (Wildman–Crippen MR) is 66.9 cm³/mol. The van der Waals surface area contributed by atoms with Gasteiger partial charge in [-0.25, -0.2) is 8.78 Å². The van der Waals surface area contributed by atoms with Crippen LogP contribution in [-0.2, 0) is 6.61 Å². The highest BCUT2D eigenvalue weighted by atomic mass is 35.5. The SMILES string of the molecule is N#Cc1ccc(Cl)cc1OCc1c(F)cccc1F. The van der Waals surface area contributed by atoms with Gasteiger partial charge < -0.3 is 4.74 Å². The fourth-order valence-corrected chi connectivity index (χ4v) is 1.69. The molecule has 0 aliphatic heterocycles. The predicted octanol–water partition coefficient (Wildman–Crippen LogP) is 4.07. The van der Waals surface area contributed by atoms with E-state index < -0.39 is 11.6 Å². The van der Waals surface area contributed by atoms with Crippen LogP contribution in [0.1, 0.15) is 11.1 Å². The van der Waals surface area contributed by atoms with Crippen molar-refractivity contribution in [2.24, 2.45) is 0 Å². The van der Waals surface area contributed by atoms with Crippen LogP contribution in [-0.4, -0.2) is 0 Å². The van der Waals surface area contributed by atoms with E-state index in [1.807, 2.05) is 6.07 Å². The second-order valence-electron chi connectivity index (χ2n) is 3.74. The first-order valence-corrected chi connectivity index (χ1v) is 5.75. The maximum Gasteiger partial charge on any atom is 0.139 e. The van der Waals surface area contributed by atoms with Crippen molar-refractivity contribution in [3.05, 3.63) is 64.2 Å². The van der Waals surface area contributed by atoms with E-state index in [9.17, 15) is 8.78 Å². The average molecular weight is 280 g/mol. The molecule has 0 amide bonds.